The van der Waals surface area contributed by atoms with Gasteiger partial charge in [0.15, 0.2) is 0 Å². The van der Waals surface area contributed by atoms with E-state index in [0.717, 1.165) is 25.7 Å². The van der Waals surface area contributed by atoms with Crippen LogP contribution in [0.1, 0.15) is 46.5 Å². The molecule has 1 N–H and O–H groups in total. The molecule has 96 valence electrons. The van der Waals surface area contributed by atoms with Gasteiger partial charge in [-0.3, -0.25) is 4.89 Å². The molecule has 0 spiro atoms. The first-order valence-corrected chi connectivity index (χ1v) is 5.59. The fraction of sp³-hybridized carbons (Fsp3) is 0.909. The van der Waals surface area contributed by atoms with Gasteiger partial charge in [0, 0.05) is 6.61 Å². The second kappa shape index (κ2) is 8.35. The van der Waals surface area contributed by atoms with E-state index in [1.54, 1.807) is 20.8 Å². The Morgan fingerprint density at radius 1 is 1.12 bits per heavy atom. The highest BCUT2D eigenvalue weighted by molar-refractivity contribution is 5.59. The molecule has 0 unspecified atom stereocenters. The number of ether oxygens (including phenoxy) is 1. The van der Waals surface area contributed by atoms with Crippen LogP contribution in [0.25, 0.3) is 0 Å². The lowest BCUT2D eigenvalue weighted by molar-refractivity contribution is -0.261. The van der Waals surface area contributed by atoms with Gasteiger partial charge in [0.2, 0.25) is 0 Å². The first-order valence-electron chi connectivity index (χ1n) is 5.59. The molecule has 0 fully saturated rings. The van der Waals surface area contributed by atoms with E-state index in [2.05, 4.69) is 9.78 Å². The van der Waals surface area contributed by atoms with E-state index in [9.17, 15) is 4.79 Å². The van der Waals surface area contributed by atoms with Crippen molar-refractivity contribution in [3.63, 3.8) is 0 Å². The van der Waals surface area contributed by atoms with Crippen molar-refractivity contribution in [1.82, 2.24) is 0 Å². The first kappa shape index (κ1) is 15.2. The molecule has 0 aromatic heterocycles. The molecule has 5 heteroatoms. The van der Waals surface area contributed by atoms with Crippen molar-refractivity contribution in [2.75, 3.05) is 13.2 Å². The third-order valence-corrected chi connectivity index (χ3v) is 1.65. The Labute approximate surface area is 96.6 Å². The number of hydrogen-bond donors (Lipinski definition) is 1. The molecule has 5 nitrogen and oxygen atoms in total. The molecule has 0 saturated heterocycles. The van der Waals surface area contributed by atoms with Gasteiger partial charge in [0.1, 0.15) is 5.60 Å². The van der Waals surface area contributed by atoms with Crippen LogP contribution in [0.15, 0.2) is 0 Å². The van der Waals surface area contributed by atoms with Crippen molar-refractivity contribution < 1.29 is 24.4 Å². The number of carbonyl (C=O) groups excluding carboxylic acids is 1. The molecule has 0 atom stereocenters. The zero-order valence-corrected chi connectivity index (χ0v) is 10.3. The van der Waals surface area contributed by atoms with Crippen LogP contribution >= 0.6 is 0 Å². The first-order chi connectivity index (χ1) is 7.45. The summed E-state index contributed by atoms with van der Waals surface area (Å²) in [5, 5.41) is 8.53. The smallest absolute Gasteiger partial charge is 0.427 e. The highest BCUT2D eigenvalue weighted by Gasteiger charge is 2.17. The average molecular weight is 234 g/mol. The summed E-state index contributed by atoms with van der Waals surface area (Å²) in [6.45, 7) is 5.83. The monoisotopic (exact) mass is 234 g/mol. The molecule has 0 saturated carbocycles. The minimum Gasteiger partial charge on any atom is -0.427 e. The Bertz CT molecular complexity index is 185. The van der Waals surface area contributed by atoms with E-state index < -0.39 is 11.8 Å². The van der Waals surface area contributed by atoms with Crippen molar-refractivity contribution in [2.45, 2.75) is 52.1 Å². The van der Waals surface area contributed by atoms with E-state index in [1.165, 1.54) is 0 Å². The summed E-state index contributed by atoms with van der Waals surface area (Å²) in [6.07, 6.45) is 2.67. The molecule has 0 rings (SSSR count). The van der Waals surface area contributed by atoms with Crippen molar-refractivity contribution in [3.8, 4) is 0 Å². The van der Waals surface area contributed by atoms with E-state index in [0.29, 0.717) is 6.61 Å². The van der Waals surface area contributed by atoms with Crippen molar-refractivity contribution in [2.24, 2.45) is 0 Å². The number of hydrogen-bond acceptors (Lipinski definition) is 5. The van der Waals surface area contributed by atoms with Gasteiger partial charge < -0.3 is 9.84 Å². The topological polar surface area (TPSA) is 65.0 Å². The number of carbonyl (C=O) groups is 1. The van der Waals surface area contributed by atoms with Crippen molar-refractivity contribution >= 4 is 6.16 Å². The maximum Gasteiger partial charge on any atom is 0.540 e. The minimum absolute atomic E-state index is 0.218. The number of aliphatic hydroxyl groups excluding tert-OH is 1. The molecule has 0 aliphatic carbocycles. The fourth-order valence-electron chi connectivity index (χ4n) is 0.983. The summed E-state index contributed by atoms with van der Waals surface area (Å²) in [7, 11) is 0. The van der Waals surface area contributed by atoms with E-state index in [4.69, 9.17) is 9.84 Å². The van der Waals surface area contributed by atoms with Gasteiger partial charge in [0.25, 0.3) is 0 Å². The zero-order chi connectivity index (χ0) is 12.4. The zero-order valence-electron chi connectivity index (χ0n) is 10.3. The molecule has 0 aliphatic rings. The predicted octanol–water partition coefficient (Wildman–Crippen LogP) is 2.42. The molecule has 16 heavy (non-hydrogen) atoms. The van der Waals surface area contributed by atoms with E-state index >= 15 is 0 Å². The number of aliphatic hydroxyl groups is 1. The third kappa shape index (κ3) is 11.3. The van der Waals surface area contributed by atoms with E-state index in [1.807, 2.05) is 0 Å². The molecule has 0 heterocycles. The Kier molecular flexibility index (Phi) is 7.93. The highest BCUT2D eigenvalue weighted by atomic mass is 17.2. The maximum absolute atomic E-state index is 11.0. The summed E-state index contributed by atoms with van der Waals surface area (Å²) in [5.41, 5.74) is -0.568. The molecular weight excluding hydrogens is 212 g/mol. The Hall–Kier alpha value is -0.810. The van der Waals surface area contributed by atoms with Gasteiger partial charge in [-0.1, -0.05) is 12.8 Å². The summed E-state index contributed by atoms with van der Waals surface area (Å²) in [6, 6.07) is 0. The maximum atomic E-state index is 11.0. The average Bonchev–Trinajstić information content (AvgIpc) is 2.13. The Morgan fingerprint density at radius 2 is 1.75 bits per heavy atom. The molecule has 0 amide bonds. The summed E-state index contributed by atoms with van der Waals surface area (Å²) < 4.78 is 4.86. The predicted molar refractivity (Wildman–Crippen MR) is 58.8 cm³/mol. The lowest BCUT2D eigenvalue weighted by Crippen LogP contribution is -2.24. The lowest BCUT2D eigenvalue weighted by atomic mass is 10.2. The van der Waals surface area contributed by atoms with Crippen LogP contribution in [-0.2, 0) is 14.5 Å². The van der Waals surface area contributed by atoms with Crippen LogP contribution in [0.3, 0.4) is 0 Å². The number of unbranched alkanes of at least 4 members (excludes halogenated alkanes) is 3. The van der Waals surface area contributed by atoms with Crippen LogP contribution < -0.4 is 0 Å². The second-order valence-electron chi connectivity index (χ2n) is 4.51. The fourth-order valence-corrected chi connectivity index (χ4v) is 0.983. The van der Waals surface area contributed by atoms with Gasteiger partial charge in [-0.15, -0.1) is 0 Å². The summed E-state index contributed by atoms with van der Waals surface area (Å²) in [5.74, 6) is 0. The highest BCUT2D eigenvalue weighted by Crippen LogP contribution is 2.08. The Morgan fingerprint density at radius 3 is 2.31 bits per heavy atom. The molecule has 0 aromatic rings. The van der Waals surface area contributed by atoms with Gasteiger partial charge >= 0.3 is 6.16 Å². The lowest BCUT2D eigenvalue weighted by Gasteiger charge is -2.17. The third-order valence-electron chi connectivity index (χ3n) is 1.65. The van der Waals surface area contributed by atoms with Gasteiger partial charge in [0.05, 0.1) is 6.61 Å². The normalized spacial score (nSPS) is 11.2. The van der Waals surface area contributed by atoms with Crippen LogP contribution in [-0.4, -0.2) is 30.1 Å². The van der Waals surface area contributed by atoms with Crippen molar-refractivity contribution in [1.29, 1.82) is 0 Å². The minimum atomic E-state index is -0.817. The van der Waals surface area contributed by atoms with Crippen LogP contribution in [0.2, 0.25) is 0 Å². The van der Waals surface area contributed by atoms with Crippen molar-refractivity contribution in [3.05, 3.63) is 0 Å². The molecular formula is C11H22O5. The van der Waals surface area contributed by atoms with Gasteiger partial charge in [-0.25, -0.2) is 4.79 Å². The van der Waals surface area contributed by atoms with Gasteiger partial charge in [-0.2, -0.15) is 4.89 Å². The summed E-state index contributed by atoms with van der Waals surface area (Å²) >= 11 is 0. The molecule has 0 aliphatic heterocycles. The van der Waals surface area contributed by atoms with Crippen LogP contribution in [0.4, 0.5) is 4.79 Å². The standard InChI is InChI=1S/C11H22O5/c1-11(2,3)15-10(13)16-14-9-7-5-4-6-8-12/h12H,4-9H2,1-3H3. The second-order valence-corrected chi connectivity index (χ2v) is 4.51. The van der Waals surface area contributed by atoms with Gasteiger partial charge in [-0.05, 0) is 33.6 Å². The molecule has 0 radical (unpaired) electrons. The van der Waals surface area contributed by atoms with Crippen LogP contribution in [0, 0.1) is 0 Å². The summed E-state index contributed by atoms with van der Waals surface area (Å²) in [4.78, 5) is 20.1. The molecule has 0 bridgehead atoms. The Balaban J connectivity index is 3.28. The largest absolute Gasteiger partial charge is 0.540 e. The van der Waals surface area contributed by atoms with E-state index in [-0.39, 0.29) is 6.61 Å². The SMILES string of the molecule is CC(C)(C)OC(=O)OOCCCCCCO. The molecule has 0 aromatic carbocycles. The van der Waals surface area contributed by atoms with Crippen LogP contribution in [0.5, 0.6) is 0 Å². The quantitative estimate of drug-likeness (QED) is 0.317. The number of rotatable bonds is 7.